The Morgan fingerprint density at radius 1 is 1.40 bits per heavy atom. The second kappa shape index (κ2) is 6.58. The van der Waals surface area contributed by atoms with Crippen LogP contribution in [0, 0.1) is 11.7 Å². The molecule has 0 spiro atoms. The number of halogens is 3. The zero-order chi connectivity index (χ0) is 14.8. The van der Waals surface area contributed by atoms with Crippen molar-refractivity contribution in [3.05, 3.63) is 28.0 Å². The van der Waals surface area contributed by atoms with Crippen molar-refractivity contribution in [1.82, 2.24) is 10.0 Å². The fourth-order valence-electron chi connectivity index (χ4n) is 2.15. The lowest BCUT2D eigenvalue weighted by atomic mass is 10.1. The van der Waals surface area contributed by atoms with Gasteiger partial charge < -0.3 is 5.32 Å². The highest BCUT2D eigenvalue weighted by Gasteiger charge is 2.22. The molecule has 0 saturated carbocycles. The van der Waals surface area contributed by atoms with Crippen LogP contribution in [-0.2, 0) is 10.0 Å². The van der Waals surface area contributed by atoms with E-state index in [0.29, 0.717) is 12.5 Å². The molecule has 2 rings (SSSR count). The second-order valence-corrected chi connectivity index (χ2v) is 7.24. The first kappa shape index (κ1) is 16.0. The molecule has 0 aromatic heterocycles. The Labute approximate surface area is 127 Å². The highest BCUT2D eigenvalue weighted by Crippen LogP contribution is 2.29. The number of hydrogen-bond acceptors (Lipinski definition) is 3. The lowest BCUT2D eigenvalue weighted by Crippen LogP contribution is -2.27. The van der Waals surface area contributed by atoms with Crippen LogP contribution >= 0.6 is 23.2 Å². The molecule has 1 fully saturated rings. The summed E-state index contributed by atoms with van der Waals surface area (Å²) >= 11 is 11.2. The number of hydrogen-bond donors (Lipinski definition) is 2. The molecule has 1 aliphatic heterocycles. The maximum Gasteiger partial charge on any atom is 0.242 e. The van der Waals surface area contributed by atoms with E-state index in [-0.39, 0.29) is 9.92 Å². The average molecular weight is 341 g/mol. The topological polar surface area (TPSA) is 58.2 Å². The quantitative estimate of drug-likeness (QED) is 0.809. The molecule has 4 nitrogen and oxygen atoms in total. The predicted octanol–water partition coefficient (Wildman–Crippen LogP) is 2.41. The zero-order valence-electron chi connectivity index (χ0n) is 10.6. The van der Waals surface area contributed by atoms with Gasteiger partial charge in [0.15, 0.2) is 5.82 Å². The van der Waals surface area contributed by atoms with Gasteiger partial charge in [-0.05, 0) is 44.0 Å². The van der Waals surface area contributed by atoms with Gasteiger partial charge in [-0.2, -0.15) is 0 Å². The molecule has 1 unspecified atom stereocenters. The summed E-state index contributed by atoms with van der Waals surface area (Å²) < 4.78 is 40.1. The Balaban J connectivity index is 2.04. The predicted molar refractivity (Wildman–Crippen MR) is 77.2 cm³/mol. The van der Waals surface area contributed by atoms with Crippen LogP contribution in [0.4, 0.5) is 4.39 Å². The van der Waals surface area contributed by atoms with Crippen LogP contribution in [0.25, 0.3) is 0 Å². The first-order valence-corrected chi connectivity index (χ1v) is 8.49. The minimum atomic E-state index is -3.82. The monoisotopic (exact) mass is 340 g/mol. The molecule has 1 atom stereocenters. The van der Waals surface area contributed by atoms with E-state index in [0.717, 1.165) is 25.9 Å². The van der Waals surface area contributed by atoms with Gasteiger partial charge in [0.2, 0.25) is 10.0 Å². The van der Waals surface area contributed by atoms with Crippen molar-refractivity contribution in [3.8, 4) is 0 Å². The molecule has 20 heavy (non-hydrogen) atoms. The maximum absolute atomic E-state index is 13.5. The Morgan fingerprint density at radius 2 is 2.15 bits per heavy atom. The molecule has 112 valence electrons. The van der Waals surface area contributed by atoms with Crippen LogP contribution in [0.5, 0.6) is 0 Å². The number of benzene rings is 1. The van der Waals surface area contributed by atoms with Gasteiger partial charge in [-0.15, -0.1) is 0 Å². The van der Waals surface area contributed by atoms with Gasteiger partial charge in [0.25, 0.3) is 0 Å². The molecule has 8 heteroatoms. The van der Waals surface area contributed by atoms with Gasteiger partial charge in [-0.3, -0.25) is 0 Å². The van der Waals surface area contributed by atoms with E-state index in [9.17, 15) is 12.8 Å². The van der Waals surface area contributed by atoms with E-state index in [4.69, 9.17) is 23.2 Å². The molecule has 1 aromatic carbocycles. The summed E-state index contributed by atoms with van der Waals surface area (Å²) in [5.74, 6) is -0.452. The number of sulfonamides is 1. The first-order chi connectivity index (χ1) is 9.42. The summed E-state index contributed by atoms with van der Waals surface area (Å²) in [4.78, 5) is -0.286. The van der Waals surface area contributed by atoms with Crippen molar-refractivity contribution in [2.45, 2.75) is 17.7 Å². The van der Waals surface area contributed by atoms with Gasteiger partial charge in [-0.1, -0.05) is 23.2 Å². The zero-order valence-corrected chi connectivity index (χ0v) is 13.0. The molecule has 1 heterocycles. The molecule has 1 aliphatic rings. The highest BCUT2D eigenvalue weighted by atomic mass is 35.5. The first-order valence-electron chi connectivity index (χ1n) is 6.25. The van der Waals surface area contributed by atoms with Gasteiger partial charge in [-0.25, -0.2) is 17.5 Å². The maximum atomic E-state index is 13.5. The molecule has 0 bridgehead atoms. The minimum absolute atomic E-state index is 0.203. The van der Waals surface area contributed by atoms with Crippen LogP contribution in [0.3, 0.4) is 0 Å². The molecule has 0 amide bonds. The number of rotatable bonds is 5. The molecule has 0 aliphatic carbocycles. The fourth-order valence-corrected chi connectivity index (χ4v) is 3.94. The molecule has 1 aromatic rings. The van der Waals surface area contributed by atoms with Crippen LogP contribution in [0.15, 0.2) is 17.0 Å². The minimum Gasteiger partial charge on any atom is -0.316 e. The van der Waals surface area contributed by atoms with E-state index in [1.165, 1.54) is 12.1 Å². The normalized spacial score (nSPS) is 19.4. The van der Waals surface area contributed by atoms with Crippen LogP contribution in [0.2, 0.25) is 10.0 Å². The van der Waals surface area contributed by atoms with Gasteiger partial charge in [0, 0.05) is 6.54 Å². The van der Waals surface area contributed by atoms with Gasteiger partial charge >= 0.3 is 0 Å². The van der Waals surface area contributed by atoms with Crippen molar-refractivity contribution in [3.63, 3.8) is 0 Å². The Morgan fingerprint density at radius 3 is 2.80 bits per heavy atom. The van der Waals surface area contributed by atoms with Gasteiger partial charge in [0.05, 0.1) is 10.0 Å². The Kier molecular flexibility index (Phi) is 5.25. The largest absolute Gasteiger partial charge is 0.316 e. The van der Waals surface area contributed by atoms with Crippen LogP contribution in [-0.4, -0.2) is 28.1 Å². The third-order valence-electron chi connectivity index (χ3n) is 3.30. The van der Waals surface area contributed by atoms with Crippen molar-refractivity contribution < 1.29 is 12.8 Å². The van der Waals surface area contributed by atoms with Crippen LogP contribution in [0.1, 0.15) is 12.8 Å². The van der Waals surface area contributed by atoms with Crippen molar-refractivity contribution in [1.29, 1.82) is 0 Å². The lowest BCUT2D eigenvalue weighted by molar-refractivity contribution is 0.519. The third-order valence-corrected chi connectivity index (χ3v) is 5.57. The SMILES string of the molecule is O=S(=O)(NCCC1CCNC1)c1ccc(Cl)c(F)c1Cl. The summed E-state index contributed by atoms with van der Waals surface area (Å²) in [7, 11) is -3.82. The van der Waals surface area contributed by atoms with E-state index in [2.05, 4.69) is 10.0 Å². The van der Waals surface area contributed by atoms with Crippen molar-refractivity contribution in [2.24, 2.45) is 5.92 Å². The standard InChI is InChI=1S/C12H15Cl2FN2O2S/c13-9-1-2-10(11(14)12(9)15)20(18,19)17-6-4-8-3-5-16-7-8/h1-2,8,16-17H,3-7H2. The summed E-state index contributed by atoms with van der Waals surface area (Å²) in [6.07, 6.45) is 1.78. The lowest BCUT2D eigenvalue weighted by Gasteiger charge is -2.11. The molecule has 2 N–H and O–H groups in total. The van der Waals surface area contributed by atoms with E-state index < -0.39 is 20.9 Å². The molecule has 1 saturated heterocycles. The summed E-state index contributed by atoms with van der Waals surface area (Å²) in [6.45, 7) is 2.17. The molecular formula is C12H15Cl2FN2O2S. The van der Waals surface area contributed by atoms with E-state index >= 15 is 0 Å². The highest BCUT2D eigenvalue weighted by molar-refractivity contribution is 7.89. The molecule has 0 radical (unpaired) electrons. The van der Waals surface area contributed by atoms with E-state index in [1.54, 1.807) is 0 Å². The summed E-state index contributed by atoms with van der Waals surface area (Å²) in [5, 5.41) is 2.53. The second-order valence-electron chi connectivity index (χ2n) is 4.72. The Hall–Kier alpha value is -0.400. The smallest absolute Gasteiger partial charge is 0.242 e. The van der Waals surface area contributed by atoms with Crippen molar-refractivity contribution in [2.75, 3.05) is 19.6 Å². The van der Waals surface area contributed by atoms with Crippen molar-refractivity contribution >= 4 is 33.2 Å². The van der Waals surface area contributed by atoms with Gasteiger partial charge in [0.1, 0.15) is 4.90 Å². The fraction of sp³-hybridized carbons (Fsp3) is 0.500. The molecular weight excluding hydrogens is 326 g/mol. The third kappa shape index (κ3) is 3.62. The number of nitrogens with one attached hydrogen (secondary N) is 2. The summed E-state index contributed by atoms with van der Waals surface area (Å²) in [5.41, 5.74) is 0. The van der Waals surface area contributed by atoms with E-state index in [1.807, 2.05) is 0 Å². The summed E-state index contributed by atoms with van der Waals surface area (Å²) in [6, 6.07) is 2.38. The average Bonchev–Trinajstić information content (AvgIpc) is 2.88. The Bertz CT molecular complexity index is 589. The van der Waals surface area contributed by atoms with Crippen LogP contribution < -0.4 is 10.0 Å².